The van der Waals surface area contributed by atoms with Crippen LogP contribution in [-0.2, 0) is 4.74 Å². The molecule has 0 atom stereocenters. The summed E-state index contributed by atoms with van der Waals surface area (Å²) in [5.74, 6) is 0.263. The van der Waals surface area contributed by atoms with Crippen LogP contribution in [0.15, 0.2) is 18.3 Å². The molecule has 0 spiro atoms. The number of H-pyrrole nitrogens is 1. The SMILES string of the molecule is COC(=O)c1ccc(OC)c2[nH]ncc12. The van der Waals surface area contributed by atoms with E-state index < -0.39 is 0 Å². The Labute approximate surface area is 86.0 Å². The molecular weight excluding hydrogens is 196 g/mol. The van der Waals surface area contributed by atoms with Gasteiger partial charge < -0.3 is 9.47 Å². The first-order valence-corrected chi connectivity index (χ1v) is 4.36. The highest BCUT2D eigenvalue weighted by atomic mass is 16.5. The van der Waals surface area contributed by atoms with Gasteiger partial charge in [-0.1, -0.05) is 0 Å². The van der Waals surface area contributed by atoms with Crippen molar-refractivity contribution in [3.63, 3.8) is 0 Å². The number of hydrogen-bond acceptors (Lipinski definition) is 4. The van der Waals surface area contributed by atoms with Crippen molar-refractivity contribution < 1.29 is 14.3 Å². The molecule has 0 fully saturated rings. The molecule has 0 saturated heterocycles. The number of carbonyl (C=O) groups is 1. The monoisotopic (exact) mass is 206 g/mol. The van der Waals surface area contributed by atoms with Crippen LogP contribution in [0, 0.1) is 0 Å². The van der Waals surface area contributed by atoms with Gasteiger partial charge in [-0.3, -0.25) is 5.10 Å². The largest absolute Gasteiger partial charge is 0.494 e. The Morgan fingerprint density at radius 1 is 1.40 bits per heavy atom. The first kappa shape index (κ1) is 9.51. The van der Waals surface area contributed by atoms with E-state index in [4.69, 9.17) is 4.74 Å². The normalized spacial score (nSPS) is 10.3. The number of nitrogens with zero attached hydrogens (tertiary/aromatic N) is 1. The molecule has 0 saturated carbocycles. The maximum absolute atomic E-state index is 11.4. The summed E-state index contributed by atoms with van der Waals surface area (Å²) in [6, 6.07) is 3.36. The van der Waals surface area contributed by atoms with Gasteiger partial charge in [0.15, 0.2) is 0 Å². The Balaban J connectivity index is 2.68. The van der Waals surface area contributed by atoms with E-state index in [1.54, 1.807) is 25.4 Å². The van der Waals surface area contributed by atoms with E-state index in [-0.39, 0.29) is 5.97 Å². The van der Waals surface area contributed by atoms with Crippen molar-refractivity contribution in [2.75, 3.05) is 14.2 Å². The predicted molar refractivity (Wildman–Crippen MR) is 54.0 cm³/mol. The van der Waals surface area contributed by atoms with E-state index in [2.05, 4.69) is 14.9 Å². The van der Waals surface area contributed by atoms with Gasteiger partial charge in [-0.15, -0.1) is 0 Å². The minimum Gasteiger partial charge on any atom is -0.494 e. The molecule has 0 unspecified atom stereocenters. The van der Waals surface area contributed by atoms with Crippen LogP contribution in [0.25, 0.3) is 10.9 Å². The van der Waals surface area contributed by atoms with Gasteiger partial charge in [0.1, 0.15) is 11.3 Å². The lowest BCUT2D eigenvalue weighted by Gasteiger charge is -2.04. The molecule has 1 N–H and O–H groups in total. The molecule has 15 heavy (non-hydrogen) atoms. The number of fused-ring (bicyclic) bond motifs is 1. The summed E-state index contributed by atoms with van der Waals surface area (Å²) in [7, 11) is 2.91. The molecule has 1 aromatic heterocycles. The van der Waals surface area contributed by atoms with Crippen LogP contribution >= 0.6 is 0 Å². The Bertz CT molecular complexity index is 504. The summed E-state index contributed by atoms with van der Waals surface area (Å²) in [5.41, 5.74) is 1.17. The lowest BCUT2D eigenvalue weighted by Crippen LogP contribution is -2.01. The zero-order valence-electron chi connectivity index (χ0n) is 8.40. The van der Waals surface area contributed by atoms with E-state index in [1.165, 1.54) is 7.11 Å². The average molecular weight is 206 g/mol. The molecule has 0 radical (unpaired) electrons. The fraction of sp³-hybridized carbons (Fsp3) is 0.200. The number of carbonyl (C=O) groups excluding carboxylic acids is 1. The minimum atomic E-state index is -0.385. The van der Waals surface area contributed by atoms with Crippen molar-refractivity contribution in [2.24, 2.45) is 0 Å². The number of nitrogens with one attached hydrogen (secondary N) is 1. The van der Waals surface area contributed by atoms with Crippen molar-refractivity contribution in [1.82, 2.24) is 10.2 Å². The van der Waals surface area contributed by atoms with E-state index >= 15 is 0 Å². The highest BCUT2D eigenvalue weighted by molar-refractivity contribution is 6.04. The van der Waals surface area contributed by atoms with Gasteiger partial charge >= 0.3 is 5.97 Å². The van der Waals surface area contributed by atoms with Gasteiger partial charge in [0.2, 0.25) is 0 Å². The molecule has 0 aliphatic carbocycles. The predicted octanol–water partition coefficient (Wildman–Crippen LogP) is 1.36. The van der Waals surface area contributed by atoms with Crippen molar-refractivity contribution in [3.05, 3.63) is 23.9 Å². The molecular formula is C10H10N2O3. The lowest BCUT2D eigenvalue weighted by molar-refractivity contribution is 0.0603. The summed E-state index contributed by atoms with van der Waals surface area (Å²) in [6.07, 6.45) is 1.57. The maximum Gasteiger partial charge on any atom is 0.338 e. The average Bonchev–Trinajstić information content (AvgIpc) is 2.75. The molecule has 0 aliphatic heterocycles. The summed E-state index contributed by atoms with van der Waals surface area (Å²) >= 11 is 0. The van der Waals surface area contributed by atoms with Gasteiger partial charge in [-0.25, -0.2) is 4.79 Å². The van der Waals surface area contributed by atoms with Crippen LogP contribution in [0.1, 0.15) is 10.4 Å². The molecule has 0 bridgehead atoms. The second-order valence-electron chi connectivity index (χ2n) is 2.97. The standard InChI is InChI=1S/C10H10N2O3/c1-14-8-4-3-6(10(13)15-2)7-5-11-12-9(7)8/h3-5H,1-2H3,(H,11,12). The van der Waals surface area contributed by atoms with E-state index in [9.17, 15) is 4.79 Å². The third-order valence-electron chi connectivity index (χ3n) is 2.20. The zero-order valence-corrected chi connectivity index (χ0v) is 8.40. The Hall–Kier alpha value is -2.04. The number of rotatable bonds is 2. The van der Waals surface area contributed by atoms with Crippen LogP contribution < -0.4 is 4.74 Å². The molecule has 5 nitrogen and oxygen atoms in total. The Morgan fingerprint density at radius 3 is 2.87 bits per heavy atom. The number of methoxy groups -OCH3 is 2. The number of hydrogen-bond donors (Lipinski definition) is 1. The number of ether oxygens (including phenoxy) is 2. The first-order valence-electron chi connectivity index (χ1n) is 4.36. The van der Waals surface area contributed by atoms with Crippen molar-refractivity contribution in [2.45, 2.75) is 0 Å². The maximum atomic E-state index is 11.4. The summed E-state index contributed by atoms with van der Waals surface area (Å²) in [4.78, 5) is 11.4. The smallest absolute Gasteiger partial charge is 0.338 e. The van der Waals surface area contributed by atoms with Crippen LogP contribution in [-0.4, -0.2) is 30.4 Å². The van der Waals surface area contributed by atoms with Crippen LogP contribution in [0.3, 0.4) is 0 Å². The van der Waals surface area contributed by atoms with Crippen LogP contribution in [0.4, 0.5) is 0 Å². The molecule has 2 aromatic rings. The number of benzene rings is 1. The highest BCUT2D eigenvalue weighted by Gasteiger charge is 2.14. The van der Waals surface area contributed by atoms with Gasteiger partial charge in [0, 0.05) is 5.39 Å². The van der Waals surface area contributed by atoms with E-state index in [0.29, 0.717) is 22.2 Å². The number of aromatic nitrogens is 2. The van der Waals surface area contributed by atoms with Crippen molar-refractivity contribution >= 4 is 16.9 Å². The first-order chi connectivity index (χ1) is 7.27. The van der Waals surface area contributed by atoms with Gasteiger partial charge in [0.25, 0.3) is 0 Å². The van der Waals surface area contributed by atoms with Crippen LogP contribution in [0.5, 0.6) is 5.75 Å². The second-order valence-corrected chi connectivity index (χ2v) is 2.97. The molecule has 5 heteroatoms. The number of aromatic amines is 1. The highest BCUT2D eigenvalue weighted by Crippen LogP contribution is 2.26. The Morgan fingerprint density at radius 2 is 2.20 bits per heavy atom. The third kappa shape index (κ3) is 1.41. The zero-order chi connectivity index (χ0) is 10.8. The molecule has 0 aliphatic rings. The minimum absolute atomic E-state index is 0.385. The topological polar surface area (TPSA) is 64.2 Å². The molecule has 1 heterocycles. The Kier molecular flexibility index (Phi) is 2.29. The molecule has 78 valence electrons. The lowest BCUT2D eigenvalue weighted by atomic mass is 10.1. The fourth-order valence-corrected chi connectivity index (χ4v) is 1.47. The van der Waals surface area contributed by atoms with Crippen LogP contribution in [0.2, 0.25) is 0 Å². The van der Waals surface area contributed by atoms with Crippen molar-refractivity contribution in [1.29, 1.82) is 0 Å². The van der Waals surface area contributed by atoms with Gasteiger partial charge in [-0.05, 0) is 12.1 Å². The summed E-state index contributed by atoms with van der Waals surface area (Å²) in [6.45, 7) is 0. The summed E-state index contributed by atoms with van der Waals surface area (Å²) in [5, 5.41) is 7.35. The van der Waals surface area contributed by atoms with Gasteiger partial charge in [-0.2, -0.15) is 5.10 Å². The molecule has 2 rings (SSSR count). The number of esters is 1. The second kappa shape index (κ2) is 3.61. The molecule has 0 amide bonds. The van der Waals surface area contributed by atoms with Gasteiger partial charge in [0.05, 0.1) is 26.0 Å². The van der Waals surface area contributed by atoms with E-state index in [0.717, 1.165) is 0 Å². The summed E-state index contributed by atoms with van der Waals surface area (Å²) < 4.78 is 9.80. The fourth-order valence-electron chi connectivity index (χ4n) is 1.47. The third-order valence-corrected chi connectivity index (χ3v) is 2.20. The molecule has 1 aromatic carbocycles. The quantitative estimate of drug-likeness (QED) is 0.753. The van der Waals surface area contributed by atoms with E-state index in [1.807, 2.05) is 0 Å². The van der Waals surface area contributed by atoms with Crippen molar-refractivity contribution in [3.8, 4) is 5.75 Å².